The highest BCUT2D eigenvalue weighted by Crippen LogP contribution is 2.26. The highest BCUT2D eigenvalue weighted by molar-refractivity contribution is 7.98. The molecule has 0 aliphatic rings. The number of carbonyl (C=O) groups excluding carboxylic acids is 2. The molecule has 3 rings (SSSR count). The van der Waals surface area contributed by atoms with Gasteiger partial charge in [0.1, 0.15) is 0 Å². The first kappa shape index (κ1) is 19.7. The number of aryl methyl sites for hydroxylation is 1. The van der Waals surface area contributed by atoms with Crippen molar-refractivity contribution < 1.29 is 27.6 Å². The van der Waals surface area contributed by atoms with E-state index in [-0.39, 0.29) is 11.1 Å². The van der Waals surface area contributed by atoms with E-state index in [1.54, 1.807) is 31.2 Å². The van der Waals surface area contributed by atoms with Crippen molar-refractivity contribution in [2.45, 2.75) is 17.6 Å². The van der Waals surface area contributed by atoms with Gasteiger partial charge in [0.25, 0.3) is 0 Å². The summed E-state index contributed by atoms with van der Waals surface area (Å²) in [5.41, 5.74) is 0.183. The first-order valence-electron chi connectivity index (χ1n) is 8.10. The molecule has 28 heavy (non-hydrogen) atoms. The molecule has 0 saturated heterocycles. The number of Topliss-reactive ketones (excluding diaryl/α,β-unsaturated/α-hetero) is 1. The minimum absolute atomic E-state index is 0.0823. The number of benzene rings is 2. The van der Waals surface area contributed by atoms with Crippen LogP contribution >= 0.6 is 11.8 Å². The molecule has 9 heteroatoms. The fourth-order valence-electron chi connectivity index (χ4n) is 2.26. The Morgan fingerprint density at radius 2 is 1.93 bits per heavy atom. The first-order valence-corrected chi connectivity index (χ1v) is 9.09. The molecule has 0 amide bonds. The minimum Gasteiger partial charge on any atom is -0.454 e. The molecule has 0 aliphatic carbocycles. The number of rotatable bonds is 7. The Morgan fingerprint density at radius 1 is 1.14 bits per heavy atom. The summed E-state index contributed by atoms with van der Waals surface area (Å²) in [5, 5.41) is 3.70. The van der Waals surface area contributed by atoms with Crippen LogP contribution in [0.4, 0.5) is 8.78 Å². The van der Waals surface area contributed by atoms with E-state index in [0.29, 0.717) is 22.4 Å². The summed E-state index contributed by atoms with van der Waals surface area (Å²) in [4.78, 5) is 29.1. The molecule has 0 radical (unpaired) electrons. The van der Waals surface area contributed by atoms with Gasteiger partial charge in [-0.05, 0) is 37.3 Å². The van der Waals surface area contributed by atoms with Gasteiger partial charge in [0.2, 0.25) is 5.89 Å². The molecule has 0 bridgehead atoms. The number of nitrogens with zero attached hydrogens (tertiary/aromatic N) is 2. The van der Waals surface area contributed by atoms with Crippen molar-refractivity contribution in [3.63, 3.8) is 0 Å². The third kappa shape index (κ3) is 4.80. The Hall–Kier alpha value is -3.07. The van der Waals surface area contributed by atoms with E-state index in [2.05, 4.69) is 10.1 Å². The van der Waals surface area contributed by atoms with Gasteiger partial charge in [0, 0.05) is 10.5 Å². The zero-order valence-corrected chi connectivity index (χ0v) is 15.5. The molecular formula is C19H14F2N2O4S. The van der Waals surface area contributed by atoms with Gasteiger partial charge in [0.05, 0.1) is 11.3 Å². The lowest BCUT2D eigenvalue weighted by atomic mass is 10.1. The van der Waals surface area contributed by atoms with Crippen LogP contribution in [0.25, 0.3) is 0 Å². The molecule has 0 unspecified atom stereocenters. The summed E-state index contributed by atoms with van der Waals surface area (Å²) in [6.45, 7) is 1.11. The van der Waals surface area contributed by atoms with Crippen LogP contribution in [0.3, 0.4) is 0 Å². The normalized spacial score (nSPS) is 10.7. The van der Waals surface area contributed by atoms with Crippen molar-refractivity contribution in [2.75, 3.05) is 6.61 Å². The Bertz CT molecular complexity index is 1020. The number of halogens is 2. The maximum Gasteiger partial charge on any atom is 0.339 e. The zero-order valence-electron chi connectivity index (χ0n) is 14.6. The highest BCUT2D eigenvalue weighted by Gasteiger charge is 2.17. The van der Waals surface area contributed by atoms with Crippen LogP contribution in [0.5, 0.6) is 0 Å². The fourth-order valence-corrected chi connectivity index (χ4v) is 3.14. The largest absolute Gasteiger partial charge is 0.454 e. The van der Waals surface area contributed by atoms with Gasteiger partial charge in [0.15, 0.2) is 29.8 Å². The summed E-state index contributed by atoms with van der Waals surface area (Å²) in [5.74, 6) is -2.26. The van der Waals surface area contributed by atoms with Crippen LogP contribution in [0, 0.1) is 18.6 Å². The number of carbonyl (C=O) groups is 2. The standard InChI is InChI=1S/C19H14F2N2O4S/c1-11-22-18(27-23-11)10-28-17-5-3-2-4-13(17)19(25)26-9-16(24)12-6-7-14(20)15(21)8-12/h2-8H,9-10H2,1H3. The molecule has 6 nitrogen and oxygen atoms in total. The van der Waals surface area contributed by atoms with E-state index >= 15 is 0 Å². The molecule has 0 atom stereocenters. The van der Waals surface area contributed by atoms with Crippen LogP contribution in [-0.2, 0) is 10.5 Å². The number of hydrogen-bond donors (Lipinski definition) is 0. The average Bonchev–Trinajstić information content (AvgIpc) is 3.11. The Morgan fingerprint density at radius 3 is 2.64 bits per heavy atom. The molecule has 0 aliphatic heterocycles. The van der Waals surface area contributed by atoms with Crippen LogP contribution in [-0.4, -0.2) is 28.5 Å². The summed E-state index contributed by atoms with van der Waals surface area (Å²) >= 11 is 1.30. The predicted octanol–water partition coefficient (Wildman–Crippen LogP) is 3.99. The quantitative estimate of drug-likeness (QED) is 0.335. The van der Waals surface area contributed by atoms with Gasteiger partial charge in [-0.2, -0.15) is 4.98 Å². The molecular weight excluding hydrogens is 390 g/mol. The molecule has 1 aromatic heterocycles. The van der Waals surface area contributed by atoms with Gasteiger partial charge in [-0.3, -0.25) is 4.79 Å². The lowest BCUT2D eigenvalue weighted by Gasteiger charge is -2.08. The van der Waals surface area contributed by atoms with Crippen LogP contribution in [0.15, 0.2) is 51.9 Å². The van der Waals surface area contributed by atoms with Gasteiger partial charge in [-0.1, -0.05) is 17.3 Å². The van der Waals surface area contributed by atoms with Crippen LogP contribution < -0.4 is 0 Å². The van der Waals surface area contributed by atoms with E-state index in [1.165, 1.54) is 11.8 Å². The topological polar surface area (TPSA) is 82.3 Å². The van der Waals surface area contributed by atoms with E-state index in [1.807, 2.05) is 0 Å². The first-order chi connectivity index (χ1) is 13.4. The number of thioether (sulfide) groups is 1. The summed E-state index contributed by atoms with van der Waals surface area (Å²) in [6.07, 6.45) is 0. The van der Waals surface area contributed by atoms with E-state index in [4.69, 9.17) is 9.26 Å². The third-order valence-electron chi connectivity index (χ3n) is 3.60. The average molecular weight is 404 g/mol. The second kappa shape index (κ2) is 8.75. The number of ketones is 1. The summed E-state index contributed by atoms with van der Waals surface area (Å²) in [7, 11) is 0. The smallest absolute Gasteiger partial charge is 0.339 e. The van der Waals surface area contributed by atoms with Crippen molar-refractivity contribution in [1.29, 1.82) is 0 Å². The van der Waals surface area contributed by atoms with Crippen molar-refractivity contribution in [1.82, 2.24) is 10.1 Å². The minimum atomic E-state index is -1.14. The fraction of sp³-hybridized carbons (Fsp3) is 0.158. The van der Waals surface area contributed by atoms with Crippen molar-refractivity contribution >= 4 is 23.5 Å². The summed E-state index contributed by atoms with van der Waals surface area (Å²) in [6, 6.07) is 9.44. The number of esters is 1. The van der Waals surface area contributed by atoms with Crippen molar-refractivity contribution in [3.05, 3.63) is 76.9 Å². The molecule has 1 heterocycles. The molecule has 0 spiro atoms. The SMILES string of the molecule is Cc1noc(CSc2ccccc2C(=O)OCC(=O)c2ccc(F)c(F)c2)n1. The van der Waals surface area contributed by atoms with E-state index < -0.39 is 30.0 Å². The van der Waals surface area contributed by atoms with Gasteiger partial charge >= 0.3 is 5.97 Å². The molecule has 3 aromatic rings. The van der Waals surface area contributed by atoms with E-state index in [9.17, 15) is 18.4 Å². The molecule has 2 aromatic carbocycles. The number of hydrogen-bond acceptors (Lipinski definition) is 7. The lowest BCUT2D eigenvalue weighted by molar-refractivity contribution is 0.0471. The maximum atomic E-state index is 13.2. The van der Waals surface area contributed by atoms with Crippen molar-refractivity contribution in [2.24, 2.45) is 0 Å². The Labute approximate surface area is 162 Å². The Balaban J connectivity index is 1.63. The van der Waals surface area contributed by atoms with Crippen LogP contribution in [0.2, 0.25) is 0 Å². The Kier molecular flexibility index (Phi) is 6.15. The van der Waals surface area contributed by atoms with Gasteiger partial charge < -0.3 is 9.26 Å². The number of ether oxygens (including phenoxy) is 1. The molecule has 0 fully saturated rings. The molecule has 144 valence electrons. The predicted molar refractivity (Wildman–Crippen MR) is 96.0 cm³/mol. The third-order valence-corrected chi connectivity index (χ3v) is 4.66. The lowest BCUT2D eigenvalue weighted by Crippen LogP contribution is -2.15. The van der Waals surface area contributed by atoms with Gasteiger partial charge in [-0.25, -0.2) is 13.6 Å². The highest BCUT2D eigenvalue weighted by atomic mass is 32.2. The van der Waals surface area contributed by atoms with Crippen molar-refractivity contribution in [3.8, 4) is 0 Å². The molecule has 0 N–H and O–H groups in total. The molecule has 0 saturated carbocycles. The monoisotopic (exact) mass is 404 g/mol. The zero-order chi connectivity index (χ0) is 20.1. The number of aromatic nitrogens is 2. The maximum absolute atomic E-state index is 13.2. The second-order valence-corrected chi connectivity index (χ2v) is 6.67. The summed E-state index contributed by atoms with van der Waals surface area (Å²) < 4.78 is 36.3. The van der Waals surface area contributed by atoms with Gasteiger partial charge in [-0.15, -0.1) is 11.8 Å². The van der Waals surface area contributed by atoms with Crippen LogP contribution in [0.1, 0.15) is 32.4 Å². The second-order valence-electron chi connectivity index (χ2n) is 5.65. The van der Waals surface area contributed by atoms with E-state index in [0.717, 1.165) is 18.2 Å².